The van der Waals surface area contributed by atoms with Crippen LogP contribution in [0.5, 0.6) is 11.5 Å². The van der Waals surface area contributed by atoms with Crippen molar-refractivity contribution in [3.63, 3.8) is 0 Å². The van der Waals surface area contributed by atoms with Gasteiger partial charge in [-0.3, -0.25) is 4.90 Å². The molecule has 6 heteroatoms. The number of benzene rings is 3. The smallest absolute Gasteiger partial charge is 0.121 e. The van der Waals surface area contributed by atoms with Crippen molar-refractivity contribution >= 4 is 34.0 Å². The molecule has 1 unspecified atom stereocenters. The van der Waals surface area contributed by atoms with Gasteiger partial charge in [-0.2, -0.15) is 0 Å². The van der Waals surface area contributed by atoms with Gasteiger partial charge in [0.15, 0.2) is 0 Å². The molecule has 0 aromatic heterocycles. The minimum Gasteiger partial charge on any atom is -0.508 e. The fraction of sp³-hybridized carbons (Fsp3) is 0.273. The average molecular weight is 418 g/mol. The van der Waals surface area contributed by atoms with Crippen LogP contribution in [0.1, 0.15) is 17.2 Å². The van der Waals surface area contributed by atoms with Crippen LogP contribution in [-0.2, 0) is 4.74 Å². The van der Waals surface area contributed by atoms with E-state index in [1.807, 2.05) is 36.4 Å². The van der Waals surface area contributed by atoms with Gasteiger partial charge in [0, 0.05) is 18.7 Å². The Balaban J connectivity index is 1.99. The topological polar surface area (TPSA) is 41.9 Å². The van der Waals surface area contributed by atoms with E-state index in [1.54, 1.807) is 19.2 Å². The maximum absolute atomic E-state index is 10.9. The molecule has 4 rings (SSSR count). The summed E-state index contributed by atoms with van der Waals surface area (Å²) in [6, 6.07) is 14.9. The molecule has 1 aliphatic heterocycles. The molecule has 0 aliphatic carbocycles. The number of ether oxygens (including phenoxy) is 2. The van der Waals surface area contributed by atoms with E-state index in [9.17, 15) is 5.11 Å². The second-order valence-electron chi connectivity index (χ2n) is 6.78. The highest BCUT2D eigenvalue weighted by molar-refractivity contribution is 6.42. The zero-order chi connectivity index (χ0) is 19.7. The molecule has 1 heterocycles. The fourth-order valence-electron chi connectivity index (χ4n) is 3.83. The molecule has 0 bridgehead atoms. The minimum absolute atomic E-state index is 0.216. The highest BCUT2D eigenvalue weighted by Crippen LogP contribution is 2.43. The van der Waals surface area contributed by atoms with Crippen molar-refractivity contribution in [1.82, 2.24) is 4.90 Å². The average Bonchev–Trinajstić information content (AvgIpc) is 2.73. The van der Waals surface area contributed by atoms with Crippen LogP contribution in [0.2, 0.25) is 10.0 Å². The maximum Gasteiger partial charge on any atom is 0.121 e. The van der Waals surface area contributed by atoms with Crippen LogP contribution in [0, 0.1) is 0 Å². The number of aromatic hydroxyl groups is 1. The highest BCUT2D eigenvalue weighted by atomic mass is 35.5. The van der Waals surface area contributed by atoms with Crippen LogP contribution in [0.4, 0.5) is 0 Å². The Bertz CT molecular complexity index is 1000. The third-order valence-electron chi connectivity index (χ3n) is 5.21. The summed E-state index contributed by atoms with van der Waals surface area (Å²) in [6.45, 7) is 2.72. The van der Waals surface area contributed by atoms with Gasteiger partial charge in [-0.25, -0.2) is 0 Å². The van der Waals surface area contributed by atoms with E-state index < -0.39 is 0 Å². The summed E-state index contributed by atoms with van der Waals surface area (Å²) in [6.07, 6.45) is 0. The van der Waals surface area contributed by atoms with Crippen molar-refractivity contribution in [2.75, 3.05) is 33.4 Å². The summed E-state index contributed by atoms with van der Waals surface area (Å²) < 4.78 is 11.0. The number of rotatable bonds is 4. The lowest BCUT2D eigenvalue weighted by Gasteiger charge is -2.36. The summed E-state index contributed by atoms with van der Waals surface area (Å²) in [4.78, 5) is 2.27. The standard InChI is InChI=1S/C22H21Cl2NO3/c1-27-15-7-5-14-6-8-19(26)20(17(14)13-15)22(25-9-11-28-12-10-25)16-3-2-4-18(23)21(16)24/h2-8,13,22,26H,9-12H2,1H3. The van der Waals surface area contributed by atoms with Crippen LogP contribution < -0.4 is 4.74 Å². The van der Waals surface area contributed by atoms with Crippen molar-refractivity contribution in [1.29, 1.82) is 0 Å². The molecule has 1 fully saturated rings. The molecule has 3 aromatic carbocycles. The number of methoxy groups -OCH3 is 1. The first-order chi connectivity index (χ1) is 13.6. The zero-order valence-electron chi connectivity index (χ0n) is 15.5. The van der Waals surface area contributed by atoms with Crippen LogP contribution in [0.25, 0.3) is 10.8 Å². The van der Waals surface area contributed by atoms with E-state index in [4.69, 9.17) is 32.7 Å². The molecule has 1 atom stereocenters. The molecular weight excluding hydrogens is 397 g/mol. The van der Waals surface area contributed by atoms with E-state index in [-0.39, 0.29) is 11.8 Å². The first kappa shape index (κ1) is 19.3. The summed E-state index contributed by atoms with van der Waals surface area (Å²) in [5.41, 5.74) is 1.66. The van der Waals surface area contributed by atoms with Crippen LogP contribution in [0.3, 0.4) is 0 Å². The largest absolute Gasteiger partial charge is 0.508 e. The van der Waals surface area contributed by atoms with Crippen LogP contribution in [-0.4, -0.2) is 43.4 Å². The Morgan fingerprint density at radius 3 is 2.57 bits per heavy atom. The van der Waals surface area contributed by atoms with Gasteiger partial charge < -0.3 is 14.6 Å². The number of phenolic OH excluding ortho intramolecular Hbond substituents is 1. The van der Waals surface area contributed by atoms with Gasteiger partial charge in [0.05, 0.1) is 36.4 Å². The molecule has 1 saturated heterocycles. The molecule has 146 valence electrons. The van der Waals surface area contributed by atoms with Crippen molar-refractivity contribution in [3.8, 4) is 11.5 Å². The third-order valence-corrected chi connectivity index (χ3v) is 6.04. The predicted octanol–water partition coefficient (Wildman–Crippen LogP) is 5.28. The molecule has 3 aromatic rings. The Hall–Kier alpha value is -1.98. The lowest BCUT2D eigenvalue weighted by atomic mass is 9.91. The number of hydrogen-bond donors (Lipinski definition) is 1. The first-order valence-corrected chi connectivity index (χ1v) is 9.91. The summed E-state index contributed by atoms with van der Waals surface area (Å²) in [5.74, 6) is 0.950. The molecule has 4 nitrogen and oxygen atoms in total. The Morgan fingerprint density at radius 1 is 1.07 bits per heavy atom. The minimum atomic E-state index is -0.258. The van der Waals surface area contributed by atoms with Gasteiger partial charge in [-0.1, -0.05) is 47.5 Å². The number of fused-ring (bicyclic) bond motifs is 1. The van der Waals surface area contributed by atoms with Gasteiger partial charge in [-0.15, -0.1) is 0 Å². The van der Waals surface area contributed by atoms with E-state index in [0.717, 1.165) is 40.7 Å². The van der Waals surface area contributed by atoms with Gasteiger partial charge in [0.25, 0.3) is 0 Å². The third kappa shape index (κ3) is 3.53. The van der Waals surface area contributed by atoms with Gasteiger partial charge in [-0.05, 0) is 40.6 Å². The van der Waals surface area contributed by atoms with Gasteiger partial charge in [0.2, 0.25) is 0 Å². The monoisotopic (exact) mass is 417 g/mol. The lowest BCUT2D eigenvalue weighted by Crippen LogP contribution is -2.39. The van der Waals surface area contributed by atoms with Crippen molar-refractivity contribution < 1.29 is 14.6 Å². The molecule has 0 spiro atoms. The molecular formula is C22H21Cl2NO3. The summed E-state index contributed by atoms with van der Waals surface area (Å²) in [7, 11) is 1.64. The van der Waals surface area contributed by atoms with Crippen LogP contribution >= 0.6 is 23.2 Å². The summed E-state index contributed by atoms with van der Waals surface area (Å²) in [5, 5.41) is 13.9. The number of morpholine rings is 1. The van der Waals surface area contributed by atoms with Crippen LogP contribution in [0.15, 0.2) is 48.5 Å². The second kappa shape index (κ2) is 8.18. The number of halogens is 2. The van der Waals surface area contributed by atoms with Gasteiger partial charge in [0.1, 0.15) is 11.5 Å². The summed E-state index contributed by atoms with van der Waals surface area (Å²) >= 11 is 13.0. The Labute approximate surface area is 174 Å². The predicted molar refractivity (Wildman–Crippen MR) is 113 cm³/mol. The lowest BCUT2D eigenvalue weighted by molar-refractivity contribution is 0.0238. The molecule has 1 N–H and O–H groups in total. The number of hydrogen-bond acceptors (Lipinski definition) is 4. The van der Waals surface area contributed by atoms with Crippen molar-refractivity contribution in [2.24, 2.45) is 0 Å². The normalized spacial score (nSPS) is 16.2. The second-order valence-corrected chi connectivity index (χ2v) is 7.56. The van der Waals surface area contributed by atoms with Gasteiger partial charge >= 0.3 is 0 Å². The molecule has 1 aliphatic rings. The SMILES string of the molecule is COc1ccc2ccc(O)c(C(c3cccc(Cl)c3Cl)N3CCOCC3)c2c1. The van der Waals surface area contributed by atoms with E-state index in [2.05, 4.69) is 4.90 Å². The van der Waals surface area contributed by atoms with E-state index in [1.165, 1.54) is 0 Å². The highest BCUT2D eigenvalue weighted by Gasteiger charge is 2.30. The van der Waals surface area contributed by atoms with Crippen molar-refractivity contribution in [2.45, 2.75) is 6.04 Å². The quantitative estimate of drug-likeness (QED) is 0.626. The van der Waals surface area contributed by atoms with E-state index in [0.29, 0.717) is 23.3 Å². The number of nitrogens with zero attached hydrogens (tertiary/aromatic N) is 1. The zero-order valence-corrected chi connectivity index (χ0v) is 17.0. The van der Waals surface area contributed by atoms with Crippen molar-refractivity contribution in [3.05, 3.63) is 69.7 Å². The Kier molecular flexibility index (Phi) is 5.65. The fourth-order valence-corrected chi connectivity index (χ4v) is 4.24. The molecule has 0 radical (unpaired) electrons. The Morgan fingerprint density at radius 2 is 1.82 bits per heavy atom. The first-order valence-electron chi connectivity index (χ1n) is 9.15. The number of phenols is 1. The van der Waals surface area contributed by atoms with E-state index >= 15 is 0 Å². The molecule has 0 saturated carbocycles. The molecule has 28 heavy (non-hydrogen) atoms. The maximum atomic E-state index is 10.9. The molecule has 0 amide bonds.